The van der Waals surface area contributed by atoms with Crippen LogP contribution in [0.5, 0.6) is 0 Å². The van der Waals surface area contributed by atoms with Crippen LogP contribution in [0.1, 0.15) is 66.8 Å². The van der Waals surface area contributed by atoms with E-state index in [1.165, 1.54) is 118 Å². The first-order chi connectivity index (χ1) is 24.5. The Morgan fingerprint density at radius 1 is 0.365 bits per heavy atom. The fraction of sp³-hybridized carbons (Fsp3) is 0.250. The van der Waals surface area contributed by atoms with E-state index < -0.39 is 29.1 Å². The van der Waals surface area contributed by atoms with Crippen LogP contribution in [0, 0.1) is 83.1 Å². The Morgan fingerprint density at radius 2 is 0.596 bits per heavy atom. The molecule has 0 atom stereocenters. The van der Waals surface area contributed by atoms with Gasteiger partial charge in [0.25, 0.3) is 0 Å². The minimum atomic E-state index is -4.00. The zero-order valence-corrected chi connectivity index (χ0v) is 38.8. The third kappa shape index (κ3) is 7.56. The molecule has 0 fully saturated rings. The SMILES string of the molecule is Cc1cc(C)c(-c2cccc(-c3c(C)cc(C)cc3C)c2[Te][Te](Cl)(Cl)c2c(-c3c(C)cc(C)cc3C)cccc2-c2c(C)cc(C)cc2C)c(C)c1. The molecule has 0 amide bonds. The molecule has 6 rings (SSSR count). The van der Waals surface area contributed by atoms with Crippen molar-refractivity contribution in [3.63, 3.8) is 0 Å². The van der Waals surface area contributed by atoms with Gasteiger partial charge in [0.1, 0.15) is 0 Å². The summed E-state index contributed by atoms with van der Waals surface area (Å²) >= 11 is -5.18. The molecule has 0 saturated carbocycles. The van der Waals surface area contributed by atoms with Crippen molar-refractivity contribution in [2.24, 2.45) is 0 Å². The molecule has 268 valence electrons. The van der Waals surface area contributed by atoms with Gasteiger partial charge in [0.15, 0.2) is 0 Å². The molecule has 0 spiro atoms. The van der Waals surface area contributed by atoms with Crippen LogP contribution < -0.4 is 7.22 Å². The van der Waals surface area contributed by atoms with Gasteiger partial charge in [-0.3, -0.25) is 0 Å². The summed E-state index contributed by atoms with van der Waals surface area (Å²) in [5.41, 5.74) is 25.5. The van der Waals surface area contributed by atoms with E-state index in [1.807, 2.05) is 0 Å². The minimum absolute atomic E-state index is 1.18. The Hall–Kier alpha value is -2.52. The van der Waals surface area contributed by atoms with Gasteiger partial charge in [0, 0.05) is 0 Å². The molecule has 0 N–H and O–H groups in total. The Labute approximate surface area is 330 Å². The topological polar surface area (TPSA) is 0 Å². The maximum atomic E-state index is 8.32. The number of rotatable bonds is 7. The van der Waals surface area contributed by atoms with Gasteiger partial charge in [-0.1, -0.05) is 0 Å². The summed E-state index contributed by atoms with van der Waals surface area (Å²) < 4.78 is 2.58. The van der Waals surface area contributed by atoms with E-state index in [0.29, 0.717) is 0 Å². The molecule has 0 aliphatic heterocycles. The van der Waals surface area contributed by atoms with Crippen LogP contribution in [0.2, 0.25) is 0 Å². The number of hydrogen-bond donors (Lipinski definition) is 0. The van der Waals surface area contributed by atoms with E-state index >= 15 is 0 Å². The second-order valence-electron chi connectivity index (χ2n) is 15.0. The summed E-state index contributed by atoms with van der Waals surface area (Å²) in [6, 6.07) is 32.2. The van der Waals surface area contributed by atoms with E-state index in [2.05, 4.69) is 168 Å². The third-order valence-corrected chi connectivity index (χ3v) is 33.3. The van der Waals surface area contributed by atoms with Crippen molar-refractivity contribution >= 4 is 54.3 Å². The molecule has 0 radical (unpaired) electrons. The molecular weight excluding hydrogens is 903 g/mol. The molecule has 0 aliphatic carbocycles. The first-order valence-electron chi connectivity index (χ1n) is 18.0. The van der Waals surface area contributed by atoms with E-state index in [4.69, 9.17) is 17.9 Å². The van der Waals surface area contributed by atoms with Gasteiger partial charge < -0.3 is 0 Å². The molecule has 0 saturated heterocycles. The summed E-state index contributed by atoms with van der Waals surface area (Å²) in [7, 11) is 16.6. The molecule has 0 aliphatic rings. The standard InChI is InChI=1S/C48H50Cl2Te2/c1-27-19-31(5)43(32(6)20-27)39-15-13-16-40(44-33(7)21-28(2)22-34(44)8)47(39)51-52(49,50)48-41(45-35(9)23-29(3)24-36(45)10)17-14-18-42(48)46-37(11)25-30(4)26-38(46)12/h13-26H,1-12H3. The van der Waals surface area contributed by atoms with Gasteiger partial charge in [-0.05, 0) is 0 Å². The first kappa shape index (κ1) is 39.2. The predicted octanol–water partition coefficient (Wildman–Crippen LogP) is 12.7. The van der Waals surface area contributed by atoms with Crippen LogP contribution >= 0.6 is 17.9 Å². The Bertz CT molecular complexity index is 2140. The summed E-state index contributed by atoms with van der Waals surface area (Å²) in [5.74, 6) is 0. The molecule has 0 aromatic heterocycles. The Morgan fingerprint density at radius 3 is 0.865 bits per heavy atom. The molecule has 52 heavy (non-hydrogen) atoms. The summed E-state index contributed by atoms with van der Waals surface area (Å²) in [5, 5.41) is 0. The first-order valence-corrected chi connectivity index (χ1v) is 33.6. The molecule has 4 heteroatoms. The van der Waals surface area contributed by atoms with Crippen LogP contribution in [-0.4, -0.2) is 29.1 Å². The van der Waals surface area contributed by atoms with E-state index in [9.17, 15) is 0 Å². The zero-order chi connectivity index (χ0) is 37.8. The molecule has 0 bridgehead atoms. The second-order valence-corrected chi connectivity index (χ2v) is 47.9. The molecule has 0 nitrogen and oxygen atoms in total. The van der Waals surface area contributed by atoms with Gasteiger partial charge in [-0.25, -0.2) is 0 Å². The van der Waals surface area contributed by atoms with Crippen LogP contribution in [-0.2, 0) is 0 Å². The van der Waals surface area contributed by atoms with E-state index in [0.717, 1.165) is 0 Å². The van der Waals surface area contributed by atoms with Crippen LogP contribution in [0.25, 0.3) is 44.5 Å². The molecule has 0 heterocycles. The Kier molecular flexibility index (Phi) is 11.5. The zero-order valence-electron chi connectivity index (χ0n) is 32.7. The summed E-state index contributed by atoms with van der Waals surface area (Å²) in [4.78, 5) is 0. The number of halogens is 2. The fourth-order valence-electron chi connectivity index (χ4n) is 8.77. The van der Waals surface area contributed by atoms with Gasteiger partial charge in [-0.2, -0.15) is 0 Å². The second kappa shape index (κ2) is 15.3. The van der Waals surface area contributed by atoms with E-state index in [-0.39, 0.29) is 0 Å². The van der Waals surface area contributed by atoms with Crippen molar-refractivity contribution in [2.45, 2.75) is 83.1 Å². The van der Waals surface area contributed by atoms with Crippen LogP contribution in [0.3, 0.4) is 0 Å². The van der Waals surface area contributed by atoms with Crippen LogP contribution in [0.15, 0.2) is 84.9 Å². The van der Waals surface area contributed by atoms with Gasteiger partial charge >= 0.3 is 334 Å². The number of aryl methyl sites for hydroxylation is 12. The van der Waals surface area contributed by atoms with Crippen molar-refractivity contribution in [3.8, 4) is 44.5 Å². The van der Waals surface area contributed by atoms with E-state index in [1.54, 1.807) is 0 Å². The molecule has 6 aromatic rings. The molecule has 6 aromatic carbocycles. The van der Waals surface area contributed by atoms with Crippen molar-refractivity contribution in [1.29, 1.82) is 0 Å². The van der Waals surface area contributed by atoms with Crippen molar-refractivity contribution < 1.29 is 0 Å². The van der Waals surface area contributed by atoms with Gasteiger partial charge in [-0.15, -0.1) is 0 Å². The monoisotopic (exact) mass is 956 g/mol. The number of benzene rings is 6. The van der Waals surface area contributed by atoms with Crippen molar-refractivity contribution in [1.82, 2.24) is 0 Å². The molecular formula is C48H50Cl2Te2. The predicted molar refractivity (Wildman–Crippen MR) is 234 cm³/mol. The maximum absolute atomic E-state index is 8.32. The van der Waals surface area contributed by atoms with Crippen molar-refractivity contribution in [3.05, 3.63) is 152 Å². The number of hydrogen-bond acceptors (Lipinski definition) is 0. The average Bonchev–Trinajstić information content (AvgIpc) is 3.00. The fourth-order valence-corrected chi connectivity index (χ4v) is 33.9. The quantitative estimate of drug-likeness (QED) is 0.140. The van der Waals surface area contributed by atoms with Crippen LogP contribution in [0.4, 0.5) is 0 Å². The van der Waals surface area contributed by atoms with Gasteiger partial charge in [0.2, 0.25) is 0 Å². The average molecular weight is 953 g/mol. The normalized spacial score (nSPS) is 12.0. The van der Waals surface area contributed by atoms with Gasteiger partial charge in [0.05, 0.1) is 0 Å². The summed E-state index contributed by atoms with van der Waals surface area (Å²) in [6.45, 7) is 26.7. The Balaban J connectivity index is 1.72. The van der Waals surface area contributed by atoms with Crippen molar-refractivity contribution in [2.75, 3.05) is 0 Å². The third-order valence-electron chi connectivity index (χ3n) is 10.2. The molecule has 0 unspecified atom stereocenters. The summed E-state index contributed by atoms with van der Waals surface area (Å²) in [6.07, 6.45) is 0.